The van der Waals surface area contributed by atoms with Crippen LogP contribution in [0.4, 0.5) is 21.0 Å². The maximum absolute atomic E-state index is 13.8. The zero-order valence-corrected chi connectivity index (χ0v) is 66.8. The Kier molecular flexibility index (Phi) is 24.7. The number of hydrogen-bond acceptors (Lipinski definition) is 25. The Balaban J connectivity index is 0.512. The molecule has 0 aliphatic carbocycles. The number of alkyl carbamates (subject to hydrolysis) is 2. The van der Waals surface area contributed by atoms with E-state index in [2.05, 4.69) is 42.5 Å². The van der Waals surface area contributed by atoms with Gasteiger partial charge in [-0.2, -0.15) is 0 Å². The van der Waals surface area contributed by atoms with Gasteiger partial charge in [-0.15, -0.1) is 0 Å². The molecule has 36 nitrogen and oxygen atoms in total. The van der Waals surface area contributed by atoms with Crippen molar-refractivity contribution < 1.29 is 96.2 Å². The molecule has 0 unspecified atom stereocenters. The molecule has 0 fully saturated rings. The fraction of sp³-hybridized carbons (Fsp3) is 0.357. The fourth-order valence-electron chi connectivity index (χ4n) is 14.9. The van der Waals surface area contributed by atoms with E-state index in [1.54, 1.807) is 120 Å². The number of ether oxygens (including phenoxy) is 6. The molecule has 4 aromatic heterocycles. The van der Waals surface area contributed by atoms with Crippen LogP contribution >= 0.6 is 0 Å². The summed E-state index contributed by atoms with van der Waals surface area (Å²) >= 11 is 0. The first-order chi connectivity index (χ1) is 57.4. The Hall–Kier alpha value is -13.7. The van der Waals surface area contributed by atoms with Crippen molar-refractivity contribution in [2.75, 3.05) is 50.3 Å². The summed E-state index contributed by atoms with van der Waals surface area (Å²) < 4.78 is 36.1. The predicted octanol–water partition coefficient (Wildman–Crippen LogP) is 3.95. The highest BCUT2D eigenvalue weighted by atomic mass is 16.6. The molecular formula is C84H88N14O22. The minimum atomic E-state index is -1.96. The van der Waals surface area contributed by atoms with E-state index in [9.17, 15) is 77.3 Å². The number of carbonyl (C=O) groups is 12. The number of fused-ring (bicyclic) bond motifs is 10. The molecule has 13 rings (SSSR count). The summed E-state index contributed by atoms with van der Waals surface area (Å²) in [5, 5.41) is 44.7. The Morgan fingerprint density at radius 2 is 0.900 bits per heavy atom. The van der Waals surface area contributed by atoms with Gasteiger partial charge in [-0.25, -0.2) is 29.1 Å². The Labute approximate surface area is 684 Å². The van der Waals surface area contributed by atoms with Crippen molar-refractivity contribution in [2.24, 2.45) is 0 Å². The number of benzene rings is 4. The lowest BCUT2D eigenvalue weighted by Gasteiger charge is -2.31. The SMILES string of the molecule is CCc1c2c(nc3ccc(OCNC(=O)OCc4ccc(NC(=O)[C@H](C)NC(=O)[C@H](C)NC(=O)CN(CCN5C(=O)C=CC5=O)CC(=O)N[C@@H](C)C(=O)N[C@@H](C)C(=O)Nc5ccc(COC(=O)NCOc6ccc7nc8c(c(CC)c7c6)Cn6c-8cc7c(c6=O)COC(=O)[C@]7(O)CC)cc5)cc4)cc13)-c1cc3c(c(=O)n1C2)COC(=O)[C@]3(O)CC. The third kappa shape index (κ3) is 17.5. The van der Waals surface area contributed by atoms with Crippen LogP contribution in [0.5, 0.6) is 11.5 Å². The lowest BCUT2D eigenvalue weighted by atomic mass is 9.86. The highest BCUT2D eigenvalue weighted by molar-refractivity contribution is 6.13. The van der Waals surface area contributed by atoms with Crippen molar-refractivity contribution in [1.29, 1.82) is 0 Å². The first kappa shape index (κ1) is 84.2. The smallest absolute Gasteiger partial charge is 0.410 e. The summed E-state index contributed by atoms with van der Waals surface area (Å²) in [4.78, 5) is 196. The normalized spacial score (nSPS) is 16.8. The van der Waals surface area contributed by atoms with Crippen molar-refractivity contribution in [3.05, 3.63) is 186 Å². The van der Waals surface area contributed by atoms with E-state index >= 15 is 0 Å². The number of anilines is 2. The number of cyclic esters (lactones) is 2. The van der Waals surface area contributed by atoms with Gasteiger partial charge >= 0.3 is 24.1 Å². The monoisotopic (exact) mass is 1640 g/mol. The van der Waals surface area contributed by atoms with Gasteiger partial charge in [0.25, 0.3) is 22.9 Å². The van der Waals surface area contributed by atoms with Gasteiger partial charge in [0.05, 0.1) is 71.1 Å². The third-order valence-corrected chi connectivity index (χ3v) is 21.7. The number of amides is 10. The molecule has 120 heavy (non-hydrogen) atoms. The number of imide groups is 1. The molecule has 0 saturated carbocycles. The van der Waals surface area contributed by atoms with Crippen LogP contribution in [-0.2, 0) is 130 Å². The second-order valence-electron chi connectivity index (χ2n) is 29.5. The molecule has 0 bridgehead atoms. The van der Waals surface area contributed by atoms with Crippen molar-refractivity contribution in [2.45, 2.75) is 156 Å². The molecule has 5 aliphatic rings. The van der Waals surface area contributed by atoms with Crippen LogP contribution in [0.3, 0.4) is 0 Å². The molecule has 5 aliphatic heterocycles. The zero-order chi connectivity index (χ0) is 85.8. The molecule has 0 spiro atoms. The van der Waals surface area contributed by atoms with Gasteiger partial charge in [-0.3, -0.25) is 68.4 Å². The second kappa shape index (κ2) is 35.2. The number of rotatable bonds is 31. The molecular weight excluding hydrogens is 1560 g/mol. The summed E-state index contributed by atoms with van der Waals surface area (Å²) in [6.07, 6.45) is 1.75. The lowest BCUT2D eigenvalue weighted by molar-refractivity contribution is -0.172. The van der Waals surface area contributed by atoms with Gasteiger partial charge in [0.15, 0.2) is 24.7 Å². The number of aliphatic hydroxyl groups is 2. The first-order valence-electron chi connectivity index (χ1n) is 39.0. The van der Waals surface area contributed by atoms with E-state index in [0.717, 1.165) is 50.1 Å². The molecule has 10 amide bonds. The standard InChI is InChI=1S/C84H88N14O22/c1-9-53-55-29-51(21-23-63(55)93-71-57(53)33-97-65(71)31-61-59(77(97)107)39-115-79(109)83(61,113)11-3)119-41-85-81(111)117-37-47-13-17-49(18-14-47)91-75(105)45(7)89-73(103)43(5)87-67(99)35-95(27-28-96-69(101)25-26-70(96)102)36-68(100)88-44(6)74(104)90-46(8)76(106)92-50-19-15-48(16-20-50)38-118-82(112)86-42-120-52-22-24-64-56(30-52)54(10-2)58-34-98-66(72(58)94-64)32-62-60(78(98)108)40-116-80(110)84(62,114)12-4/h13-26,29-32,43-46,113-114H,9-12,27-28,33-42H2,1-8H3,(H,85,111)(H,86,112)(H,87,99)(H,88,100)(H,89,103)(H,90,104)(H,91,105)(H,92,106)/t43-,44-,45-,46-,83-,84-/m0/s1. The van der Waals surface area contributed by atoms with Crippen LogP contribution in [0.1, 0.15) is 124 Å². The minimum absolute atomic E-state index is 0.0180. The van der Waals surface area contributed by atoms with Crippen molar-refractivity contribution in [3.63, 3.8) is 0 Å². The maximum Gasteiger partial charge on any atom is 0.410 e. The molecule has 4 aromatic carbocycles. The van der Waals surface area contributed by atoms with Gasteiger partial charge in [-0.05, 0) is 148 Å². The Bertz CT molecular complexity index is 5370. The molecule has 6 atom stereocenters. The molecule has 8 aromatic rings. The first-order valence-corrected chi connectivity index (χ1v) is 39.0. The molecule has 626 valence electrons. The number of nitrogens with one attached hydrogen (secondary N) is 8. The molecule has 0 saturated heterocycles. The van der Waals surface area contributed by atoms with Crippen LogP contribution in [0.25, 0.3) is 44.6 Å². The summed E-state index contributed by atoms with van der Waals surface area (Å²) in [5.74, 6) is -6.30. The van der Waals surface area contributed by atoms with Gasteiger partial charge in [-0.1, -0.05) is 52.0 Å². The van der Waals surface area contributed by atoms with E-state index in [1.807, 2.05) is 13.8 Å². The average Bonchev–Trinajstić information content (AvgIpc) is 1.55. The number of nitrogens with zero attached hydrogens (tertiary/aromatic N) is 6. The van der Waals surface area contributed by atoms with Crippen LogP contribution in [0, 0.1) is 0 Å². The van der Waals surface area contributed by atoms with E-state index in [1.165, 1.54) is 32.6 Å². The number of aryl methyl sites for hydroxylation is 2. The molecule has 36 heteroatoms. The number of carbonyl (C=O) groups excluding carboxylic acids is 12. The van der Waals surface area contributed by atoms with Crippen LogP contribution in [0.2, 0.25) is 0 Å². The van der Waals surface area contributed by atoms with Gasteiger partial charge in [0.2, 0.25) is 35.4 Å². The van der Waals surface area contributed by atoms with Gasteiger partial charge < -0.3 is 79.7 Å². The largest absolute Gasteiger partial charge is 0.473 e. The van der Waals surface area contributed by atoms with Crippen LogP contribution in [0.15, 0.2) is 119 Å². The van der Waals surface area contributed by atoms with E-state index in [0.29, 0.717) is 80.7 Å². The quantitative estimate of drug-likeness (QED) is 0.0127. The number of pyridine rings is 4. The fourth-order valence-corrected chi connectivity index (χ4v) is 14.9. The molecule has 9 heterocycles. The van der Waals surface area contributed by atoms with Gasteiger partial charge in [0, 0.05) is 69.6 Å². The van der Waals surface area contributed by atoms with Crippen molar-refractivity contribution in [3.8, 4) is 34.3 Å². The number of hydrogen-bond donors (Lipinski definition) is 10. The van der Waals surface area contributed by atoms with Crippen LogP contribution in [-0.4, -0.2) is 174 Å². The molecule has 0 radical (unpaired) electrons. The zero-order valence-electron chi connectivity index (χ0n) is 66.8. The lowest BCUT2D eigenvalue weighted by Crippen LogP contribution is -2.54. The predicted molar refractivity (Wildman–Crippen MR) is 428 cm³/mol. The molecule has 10 N–H and O–H groups in total. The number of aromatic nitrogens is 4. The van der Waals surface area contributed by atoms with Crippen molar-refractivity contribution >= 4 is 105 Å². The maximum atomic E-state index is 13.8. The number of esters is 2. The second-order valence-corrected chi connectivity index (χ2v) is 29.5. The highest BCUT2D eigenvalue weighted by Gasteiger charge is 2.48. The highest BCUT2D eigenvalue weighted by Crippen LogP contribution is 2.43. The van der Waals surface area contributed by atoms with Gasteiger partial charge in [0.1, 0.15) is 62.1 Å². The van der Waals surface area contributed by atoms with E-state index < -0.39 is 120 Å². The average molecular weight is 1650 g/mol. The summed E-state index contributed by atoms with van der Waals surface area (Å²) in [5.41, 5.74) is 4.89. The van der Waals surface area contributed by atoms with E-state index in [4.69, 9.17) is 38.4 Å². The van der Waals surface area contributed by atoms with E-state index in [-0.39, 0.29) is 112 Å². The Morgan fingerprint density at radius 1 is 0.508 bits per heavy atom. The minimum Gasteiger partial charge on any atom is -0.473 e. The topological polar surface area (TPSA) is 473 Å². The summed E-state index contributed by atoms with van der Waals surface area (Å²) in [6, 6.07) is 21.7. The summed E-state index contributed by atoms with van der Waals surface area (Å²) in [7, 11) is 0. The Morgan fingerprint density at radius 3 is 1.28 bits per heavy atom. The van der Waals surface area contributed by atoms with Crippen molar-refractivity contribution in [1.82, 2.24) is 60.8 Å². The van der Waals surface area contributed by atoms with Crippen LogP contribution < -0.4 is 63.1 Å². The third-order valence-electron chi connectivity index (χ3n) is 21.7. The summed E-state index contributed by atoms with van der Waals surface area (Å²) in [6.45, 7) is 10.4.